The van der Waals surface area contributed by atoms with E-state index >= 15 is 0 Å². The van der Waals surface area contributed by atoms with Crippen molar-refractivity contribution in [2.75, 3.05) is 0 Å². The third-order valence-corrected chi connectivity index (χ3v) is 5.45. The average molecular weight is 252 g/mol. The molecule has 3 aliphatic carbocycles. The van der Waals surface area contributed by atoms with Gasteiger partial charge >= 0.3 is 0 Å². The van der Waals surface area contributed by atoms with Gasteiger partial charge in [0.25, 0.3) is 0 Å². The predicted molar refractivity (Wildman–Crippen MR) is 69.0 cm³/mol. The van der Waals surface area contributed by atoms with Crippen LogP contribution in [0, 0.1) is 23.2 Å². The van der Waals surface area contributed by atoms with Crippen LogP contribution in [0.4, 0.5) is 0 Å². The molecule has 3 fully saturated rings. The van der Waals surface area contributed by atoms with E-state index in [4.69, 9.17) is 0 Å². The first-order chi connectivity index (χ1) is 8.16. The maximum atomic E-state index is 11.8. The van der Waals surface area contributed by atoms with E-state index in [0.29, 0.717) is 30.5 Å². The molecule has 3 rings (SSSR count). The van der Waals surface area contributed by atoms with E-state index < -0.39 is 5.60 Å². The second-order valence-corrected chi connectivity index (χ2v) is 6.99. The van der Waals surface area contributed by atoms with Crippen LogP contribution in [0.2, 0.25) is 0 Å². The Morgan fingerprint density at radius 3 is 2.61 bits per heavy atom. The highest BCUT2D eigenvalue weighted by Gasteiger charge is 2.58. The van der Waals surface area contributed by atoms with Crippen LogP contribution < -0.4 is 0 Å². The van der Waals surface area contributed by atoms with Gasteiger partial charge in [-0.2, -0.15) is 0 Å². The maximum absolute atomic E-state index is 11.8. The first-order valence-electron chi connectivity index (χ1n) is 6.94. The summed E-state index contributed by atoms with van der Waals surface area (Å²) in [5.74, 6) is 1.35. The Hall–Kier alpha value is -0.700. The van der Waals surface area contributed by atoms with Crippen molar-refractivity contribution >= 4 is 11.6 Å². The molecule has 102 valence electrons. The number of Topliss-reactive ketones (excluding diaryl/α,β-unsaturated/α-hetero) is 2. The number of carbonyl (C=O) groups excluding carboxylic acids is 2. The molecule has 4 atom stereocenters. The van der Waals surface area contributed by atoms with E-state index in [1.165, 1.54) is 0 Å². The second-order valence-electron chi connectivity index (χ2n) is 6.99. The van der Waals surface area contributed by atoms with Crippen molar-refractivity contribution < 1.29 is 14.7 Å². The van der Waals surface area contributed by atoms with E-state index in [9.17, 15) is 14.7 Å². The molecule has 0 unspecified atom stereocenters. The smallest absolute Gasteiger partial charge is 0.163 e. The van der Waals surface area contributed by atoms with E-state index in [-0.39, 0.29) is 17.1 Å². The average Bonchev–Trinajstić information content (AvgIpc) is 2.26. The number of fused-ring (bicyclic) bond motifs is 2. The van der Waals surface area contributed by atoms with E-state index in [2.05, 4.69) is 6.92 Å². The molecule has 0 aromatic carbocycles. The largest absolute Gasteiger partial charge is 0.383 e. The molecule has 3 aliphatic rings. The van der Waals surface area contributed by atoms with Crippen molar-refractivity contribution in [1.29, 1.82) is 0 Å². The fourth-order valence-electron chi connectivity index (χ4n) is 3.81. The Morgan fingerprint density at radius 2 is 2.11 bits per heavy atom. The zero-order valence-corrected chi connectivity index (χ0v) is 11.8. The Morgan fingerprint density at radius 1 is 1.50 bits per heavy atom. The molecule has 0 heterocycles. The summed E-state index contributed by atoms with van der Waals surface area (Å²) < 4.78 is 0. The highest BCUT2D eigenvalue weighted by atomic mass is 16.3. The number of ketones is 2. The summed E-state index contributed by atoms with van der Waals surface area (Å²) >= 11 is 0. The van der Waals surface area contributed by atoms with Gasteiger partial charge in [-0.1, -0.05) is 13.8 Å². The van der Waals surface area contributed by atoms with Crippen LogP contribution in [0.25, 0.3) is 0 Å². The number of carbonyl (C=O) groups is 2. The van der Waals surface area contributed by atoms with Crippen molar-refractivity contribution in [3.8, 4) is 0 Å². The van der Waals surface area contributed by atoms with Crippen LogP contribution in [-0.4, -0.2) is 22.3 Å². The maximum Gasteiger partial charge on any atom is 0.163 e. The van der Waals surface area contributed by atoms with Gasteiger partial charge in [-0.05, 0) is 43.9 Å². The number of aliphatic hydroxyl groups is 1. The molecular weight excluding hydrogens is 228 g/mol. The third-order valence-electron chi connectivity index (χ3n) is 5.45. The molecule has 0 aliphatic heterocycles. The van der Waals surface area contributed by atoms with Gasteiger partial charge in [0.1, 0.15) is 11.4 Å². The van der Waals surface area contributed by atoms with E-state index in [1.54, 1.807) is 13.8 Å². The molecule has 0 saturated heterocycles. The van der Waals surface area contributed by atoms with E-state index in [1.807, 2.05) is 6.92 Å². The summed E-state index contributed by atoms with van der Waals surface area (Å²) in [4.78, 5) is 23.5. The number of hydrogen-bond donors (Lipinski definition) is 1. The van der Waals surface area contributed by atoms with Gasteiger partial charge in [0, 0.05) is 18.8 Å². The summed E-state index contributed by atoms with van der Waals surface area (Å²) in [7, 11) is 0. The molecular formula is C15H24O3. The molecule has 2 bridgehead atoms. The zero-order valence-electron chi connectivity index (χ0n) is 11.8. The summed E-state index contributed by atoms with van der Waals surface area (Å²) in [5, 5.41) is 9.67. The molecule has 0 spiro atoms. The lowest BCUT2D eigenvalue weighted by atomic mass is 9.43. The van der Waals surface area contributed by atoms with Crippen LogP contribution in [-0.2, 0) is 9.59 Å². The molecule has 18 heavy (non-hydrogen) atoms. The fraction of sp³-hybridized carbons (Fsp3) is 0.867. The van der Waals surface area contributed by atoms with E-state index in [0.717, 1.165) is 12.8 Å². The first-order valence-corrected chi connectivity index (χ1v) is 6.94. The minimum atomic E-state index is -1.23. The van der Waals surface area contributed by atoms with Crippen LogP contribution in [0.5, 0.6) is 0 Å². The SMILES string of the molecule is C[C@@H]1C(=O)C[C@H]2C[C@@H]1[C@]2(C)CCC(=O)C(C)(C)O. The molecule has 0 aromatic heterocycles. The number of rotatable bonds is 4. The lowest BCUT2D eigenvalue weighted by molar-refractivity contribution is -0.159. The highest BCUT2D eigenvalue weighted by molar-refractivity contribution is 5.86. The molecule has 3 saturated carbocycles. The van der Waals surface area contributed by atoms with Gasteiger partial charge in [-0.3, -0.25) is 9.59 Å². The number of hydrogen-bond acceptors (Lipinski definition) is 3. The molecule has 0 aromatic rings. The minimum Gasteiger partial charge on any atom is -0.383 e. The minimum absolute atomic E-state index is 0.0901. The van der Waals surface area contributed by atoms with Gasteiger partial charge in [0.2, 0.25) is 0 Å². The van der Waals surface area contributed by atoms with Crippen LogP contribution >= 0.6 is 0 Å². The van der Waals surface area contributed by atoms with Gasteiger partial charge < -0.3 is 5.11 Å². The van der Waals surface area contributed by atoms with Crippen LogP contribution in [0.15, 0.2) is 0 Å². The van der Waals surface area contributed by atoms with Crippen LogP contribution in [0.1, 0.15) is 53.4 Å². The van der Waals surface area contributed by atoms with Gasteiger partial charge in [0.05, 0.1) is 0 Å². The summed E-state index contributed by atoms with van der Waals surface area (Å²) in [6, 6.07) is 0. The van der Waals surface area contributed by atoms with Crippen molar-refractivity contribution in [1.82, 2.24) is 0 Å². The molecule has 1 N–H and O–H groups in total. The fourth-order valence-corrected chi connectivity index (χ4v) is 3.81. The van der Waals surface area contributed by atoms with Gasteiger partial charge in [-0.15, -0.1) is 0 Å². The molecule has 0 radical (unpaired) electrons. The molecule has 3 nitrogen and oxygen atoms in total. The molecule has 0 amide bonds. The summed E-state index contributed by atoms with van der Waals surface area (Å²) in [6.07, 6.45) is 3.06. The monoisotopic (exact) mass is 252 g/mol. The topological polar surface area (TPSA) is 54.4 Å². The molecule has 3 heteroatoms. The quantitative estimate of drug-likeness (QED) is 0.835. The zero-order chi connectivity index (χ0) is 13.7. The standard InChI is InChI=1S/C15H24O3/c1-9-11-7-10(8-12(9)16)15(11,4)6-5-13(17)14(2,3)18/h9-11,18H,5-8H2,1-4H3/t9-,10+,11-,15+/m0/s1. The normalized spacial score (nSPS) is 39.4. The summed E-state index contributed by atoms with van der Waals surface area (Å²) in [5.41, 5.74) is -1.09. The Labute approximate surface area is 109 Å². The summed E-state index contributed by atoms with van der Waals surface area (Å²) in [6.45, 7) is 7.34. The van der Waals surface area contributed by atoms with Crippen LogP contribution in [0.3, 0.4) is 0 Å². The predicted octanol–water partition coefficient (Wildman–Crippen LogP) is 2.36. The highest BCUT2D eigenvalue weighted by Crippen LogP contribution is 2.62. The van der Waals surface area contributed by atoms with Crippen molar-refractivity contribution in [3.63, 3.8) is 0 Å². The van der Waals surface area contributed by atoms with Crippen molar-refractivity contribution in [3.05, 3.63) is 0 Å². The first kappa shape index (κ1) is 13.7. The van der Waals surface area contributed by atoms with Gasteiger partial charge in [0.15, 0.2) is 5.78 Å². The van der Waals surface area contributed by atoms with Crippen molar-refractivity contribution in [2.45, 2.75) is 59.0 Å². The Kier molecular flexibility index (Phi) is 3.17. The lowest BCUT2D eigenvalue weighted by Crippen LogP contribution is -2.57. The van der Waals surface area contributed by atoms with Gasteiger partial charge in [-0.25, -0.2) is 0 Å². The Balaban J connectivity index is 1.99. The Bertz CT molecular complexity index is 380. The second kappa shape index (κ2) is 4.16. The van der Waals surface area contributed by atoms with Crippen molar-refractivity contribution in [2.24, 2.45) is 23.2 Å². The lowest BCUT2D eigenvalue weighted by Gasteiger charge is -2.60. The third kappa shape index (κ3) is 2.03.